The lowest BCUT2D eigenvalue weighted by molar-refractivity contribution is -0.159. The van der Waals surface area contributed by atoms with Crippen LogP contribution in [-0.2, 0) is 22.7 Å². The van der Waals surface area contributed by atoms with Crippen molar-refractivity contribution in [3.8, 4) is 5.75 Å². The van der Waals surface area contributed by atoms with Crippen LogP contribution < -0.4 is 10.1 Å². The Morgan fingerprint density at radius 2 is 1.48 bits per heavy atom. The highest BCUT2D eigenvalue weighted by molar-refractivity contribution is 6.27. The highest BCUT2D eigenvalue weighted by atomic mass is 16.5. The minimum atomic E-state index is -1.82. The van der Waals surface area contributed by atoms with E-state index >= 15 is 0 Å². The van der Waals surface area contributed by atoms with Gasteiger partial charge in [-0.25, -0.2) is 9.59 Å². The van der Waals surface area contributed by atoms with Crippen LogP contribution in [0.15, 0.2) is 54.6 Å². The van der Waals surface area contributed by atoms with Gasteiger partial charge in [0.15, 0.2) is 0 Å². The van der Waals surface area contributed by atoms with Crippen LogP contribution in [0.1, 0.15) is 11.1 Å². The van der Waals surface area contributed by atoms with Crippen molar-refractivity contribution in [1.82, 2.24) is 5.32 Å². The predicted octanol–water partition coefficient (Wildman–Crippen LogP) is 2.14. The Kier molecular flexibility index (Phi) is 7.88. The summed E-state index contributed by atoms with van der Waals surface area (Å²) in [5.74, 6) is -2.74. The second kappa shape index (κ2) is 9.97. The molecule has 0 saturated heterocycles. The highest BCUT2D eigenvalue weighted by Gasteiger charge is 2.04. The molecule has 0 unspecified atom stereocenters. The monoisotopic (exact) mass is 317 g/mol. The molecule has 2 aromatic rings. The standard InChI is InChI=1S/C15H17NO.C2H2O4/c1-16-11-13-7-9-15(10-8-13)17-12-14-5-3-2-4-6-14;3-1(4)2(5)6/h2-10,16H,11-12H2,1H3;(H,3,4)(H,5,6). The van der Waals surface area contributed by atoms with E-state index in [1.807, 2.05) is 37.4 Å². The van der Waals surface area contributed by atoms with Crippen LogP contribution in [0.4, 0.5) is 0 Å². The van der Waals surface area contributed by atoms with Crippen LogP contribution >= 0.6 is 0 Å². The molecule has 0 fully saturated rings. The van der Waals surface area contributed by atoms with E-state index in [1.165, 1.54) is 11.1 Å². The highest BCUT2D eigenvalue weighted by Crippen LogP contribution is 2.14. The van der Waals surface area contributed by atoms with Gasteiger partial charge in [0.2, 0.25) is 0 Å². The summed E-state index contributed by atoms with van der Waals surface area (Å²) in [6.07, 6.45) is 0. The van der Waals surface area contributed by atoms with Gasteiger partial charge in [-0.3, -0.25) is 0 Å². The molecule has 0 aliphatic carbocycles. The first-order chi connectivity index (χ1) is 11.0. The quantitative estimate of drug-likeness (QED) is 0.731. The average Bonchev–Trinajstić information content (AvgIpc) is 2.56. The molecule has 0 aliphatic heterocycles. The minimum absolute atomic E-state index is 0.617. The molecule has 23 heavy (non-hydrogen) atoms. The fourth-order valence-corrected chi connectivity index (χ4v) is 1.65. The van der Waals surface area contributed by atoms with E-state index in [2.05, 4.69) is 29.6 Å². The zero-order valence-corrected chi connectivity index (χ0v) is 12.7. The molecular formula is C17H19NO5. The number of carboxylic acid groups (broad SMARTS) is 2. The summed E-state index contributed by atoms with van der Waals surface area (Å²) in [5.41, 5.74) is 2.45. The van der Waals surface area contributed by atoms with Crippen molar-refractivity contribution in [3.63, 3.8) is 0 Å². The number of carbonyl (C=O) groups is 2. The number of hydrogen-bond donors (Lipinski definition) is 3. The fourth-order valence-electron chi connectivity index (χ4n) is 1.65. The fraction of sp³-hybridized carbons (Fsp3) is 0.176. The number of carboxylic acids is 2. The summed E-state index contributed by atoms with van der Waals surface area (Å²) < 4.78 is 5.70. The van der Waals surface area contributed by atoms with E-state index < -0.39 is 11.9 Å². The maximum Gasteiger partial charge on any atom is 0.414 e. The van der Waals surface area contributed by atoms with Gasteiger partial charge in [0, 0.05) is 6.54 Å². The van der Waals surface area contributed by atoms with Crippen LogP contribution in [0.25, 0.3) is 0 Å². The molecule has 6 nitrogen and oxygen atoms in total. The van der Waals surface area contributed by atoms with Gasteiger partial charge < -0.3 is 20.3 Å². The Morgan fingerprint density at radius 1 is 0.913 bits per heavy atom. The van der Waals surface area contributed by atoms with E-state index in [1.54, 1.807) is 0 Å². The third kappa shape index (κ3) is 7.63. The Bertz CT molecular complexity index is 599. The Labute approximate surface area is 134 Å². The minimum Gasteiger partial charge on any atom is -0.489 e. The van der Waals surface area contributed by atoms with Gasteiger partial charge in [-0.1, -0.05) is 42.5 Å². The van der Waals surface area contributed by atoms with Crippen molar-refractivity contribution >= 4 is 11.9 Å². The summed E-state index contributed by atoms with van der Waals surface area (Å²) in [4.78, 5) is 18.2. The Hall–Kier alpha value is -2.86. The summed E-state index contributed by atoms with van der Waals surface area (Å²) in [6, 6.07) is 18.4. The molecule has 122 valence electrons. The van der Waals surface area contributed by atoms with Gasteiger partial charge in [-0.05, 0) is 30.3 Å². The average molecular weight is 317 g/mol. The molecule has 3 N–H and O–H groups in total. The number of aliphatic carboxylic acids is 2. The van der Waals surface area contributed by atoms with E-state index in [4.69, 9.17) is 24.5 Å². The smallest absolute Gasteiger partial charge is 0.414 e. The lowest BCUT2D eigenvalue weighted by atomic mass is 10.2. The molecule has 2 aromatic carbocycles. The predicted molar refractivity (Wildman–Crippen MR) is 85.3 cm³/mol. The number of rotatable bonds is 5. The van der Waals surface area contributed by atoms with Crippen molar-refractivity contribution in [3.05, 3.63) is 65.7 Å². The van der Waals surface area contributed by atoms with Gasteiger partial charge in [0.25, 0.3) is 0 Å². The Balaban J connectivity index is 0.000000379. The van der Waals surface area contributed by atoms with Gasteiger partial charge in [-0.15, -0.1) is 0 Å². The normalized spacial score (nSPS) is 9.43. The van der Waals surface area contributed by atoms with Crippen LogP contribution in [-0.4, -0.2) is 29.2 Å². The molecule has 0 aromatic heterocycles. The first-order valence-corrected chi connectivity index (χ1v) is 6.89. The molecule has 2 rings (SSSR count). The Morgan fingerprint density at radius 3 is 1.96 bits per heavy atom. The van der Waals surface area contributed by atoms with E-state index in [0.29, 0.717) is 6.61 Å². The van der Waals surface area contributed by atoms with Crippen LogP contribution in [0.3, 0.4) is 0 Å². The lowest BCUT2D eigenvalue weighted by Gasteiger charge is -2.07. The number of benzene rings is 2. The van der Waals surface area contributed by atoms with E-state index in [-0.39, 0.29) is 0 Å². The number of hydrogen-bond acceptors (Lipinski definition) is 4. The topological polar surface area (TPSA) is 95.9 Å². The molecule has 0 aliphatic rings. The van der Waals surface area contributed by atoms with Crippen LogP contribution in [0, 0.1) is 0 Å². The van der Waals surface area contributed by atoms with Crippen LogP contribution in [0.2, 0.25) is 0 Å². The SMILES string of the molecule is CNCc1ccc(OCc2ccccc2)cc1.O=C(O)C(=O)O. The lowest BCUT2D eigenvalue weighted by Crippen LogP contribution is -2.09. The first kappa shape index (κ1) is 18.2. The second-order valence-corrected chi connectivity index (χ2v) is 4.56. The molecule has 0 heterocycles. The van der Waals surface area contributed by atoms with Gasteiger partial charge in [-0.2, -0.15) is 0 Å². The van der Waals surface area contributed by atoms with Gasteiger partial charge in [0.1, 0.15) is 12.4 Å². The van der Waals surface area contributed by atoms with Crippen molar-refractivity contribution in [2.75, 3.05) is 7.05 Å². The summed E-state index contributed by atoms with van der Waals surface area (Å²) in [7, 11) is 1.94. The van der Waals surface area contributed by atoms with E-state index in [9.17, 15) is 0 Å². The summed E-state index contributed by atoms with van der Waals surface area (Å²) in [5, 5.41) is 17.9. The first-order valence-electron chi connectivity index (χ1n) is 6.89. The molecule has 0 saturated carbocycles. The third-order valence-corrected chi connectivity index (χ3v) is 2.74. The van der Waals surface area contributed by atoms with Crippen molar-refractivity contribution < 1.29 is 24.5 Å². The summed E-state index contributed by atoms with van der Waals surface area (Å²) >= 11 is 0. The van der Waals surface area contributed by atoms with Crippen molar-refractivity contribution in [1.29, 1.82) is 0 Å². The van der Waals surface area contributed by atoms with Gasteiger partial charge >= 0.3 is 11.9 Å². The van der Waals surface area contributed by atoms with E-state index in [0.717, 1.165) is 12.3 Å². The zero-order valence-electron chi connectivity index (χ0n) is 12.7. The molecule has 6 heteroatoms. The molecule has 0 amide bonds. The molecule has 0 radical (unpaired) electrons. The van der Waals surface area contributed by atoms with Gasteiger partial charge in [0.05, 0.1) is 0 Å². The maximum atomic E-state index is 9.10. The molecular weight excluding hydrogens is 298 g/mol. The number of nitrogens with one attached hydrogen (secondary N) is 1. The van der Waals surface area contributed by atoms with Crippen LogP contribution in [0.5, 0.6) is 5.75 Å². The molecule has 0 spiro atoms. The van der Waals surface area contributed by atoms with Crippen molar-refractivity contribution in [2.45, 2.75) is 13.2 Å². The maximum absolute atomic E-state index is 9.10. The summed E-state index contributed by atoms with van der Waals surface area (Å²) in [6.45, 7) is 1.51. The second-order valence-electron chi connectivity index (χ2n) is 4.56. The zero-order chi connectivity index (χ0) is 17.1. The van der Waals surface area contributed by atoms with Crippen molar-refractivity contribution in [2.24, 2.45) is 0 Å². The largest absolute Gasteiger partial charge is 0.489 e. The molecule has 0 bridgehead atoms. The number of ether oxygens (including phenoxy) is 1. The molecule has 0 atom stereocenters. The third-order valence-electron chi connectivity index (χ3n) is 2.74.